The van der Waals surface area contributed by atoms with Gasteiger partial charge in [-0.1, -0.05) is 12.1 Å². The molecule has 1 aliphatic heterocycles. The van der Waals surface area contributed by atoms with Crippen molar-refractivity contribution in [1.82, 2.24) is 4.90 Å². The minimum absolute atomic E-state index is 0.0724. The molecule has 1 heterocycles. The second-order valence-electron chi connectivity index (χ2n) is 5.07. The van der Waals surface area contributed by atoms with Crippen LogP contribution in [0.3, 0.4) is 0 Å². The van der Waals surface area contributed by atoms with Gasteiger partial charge in [0, 0.05) is 32.4 Å². The molecule has 0 atom stereocenters. The van der Waals surface area contributed by atoms with Crippen LogP contribution in [0.2, 0.25) is 0 Å². The van der Waals surface area contributed by atoms with E-state index in [1.165, 1.54) is 12.5 Å². The van der Waals surface area contributed by atoms with Crippen LogP contribution in [0.4, 0.5) is 5.69 Å². The van der Waals surface area contributed by atoms with Crippen molar-refractivity contribution in [3.63, 3.8) is 0 Å². The first kappa shape index (κ1) is 14.7. The molecule has 5 heteroatoms. The topological polar surface area (TPSA) is 58.6 Å². The maximum atomic E-state index is 11.7. The van der Waals surface area contributed by atoms with Gasteiger partial charge < -0.3 is 10.1 Å². The number of amides is 1. The molecule has 20 heavy (non-hydrogen) atoms. The molecule has 108 valence electrons. The van der Waals surface area contributed by atoms with Gasteiger partial charge in [0.25, 0.3) is 0 Å². The fourth-order valence-corrected chi connectivity index (χ4v) is 2.41. The van der Waals surface area contributed by atoms with E-state index in [2.05, 4.69) is 16.3 Å². The van der Waals surface area contributed by atoms with E-state index >= 15 is 0 Å². The third-order valence-corrected chi connectivity index (χ3v) is 3.34. The summed E-state index contributed by atoms with van der Waals surface area (Å²) >= 11 is 0. The zero-order chi connectivity index (χ0) is 14.5. The summed E-state index contributed by atoms with van der Waals surface area (Å²) in [6.07, 6.45) is -0.0724. The van der Waals surface area contributed by atoms with Gasteiger partial charge in [-0.05, 0) is 24.1 Å². The lowest BCUT2D eigenvalue weighted by atomic mass is 10.1. The van der Waals surface area contributed by atoms with E-state index in [4.69, 9.17) is 4.74 Å². The third kappa shape index (κ3) is 3.65. The predicted molar refractivity (Wildman–Crippen MR) is 76.4 cm³/mol. The fraction of sp³-hybridized carbons (Fsp3) is 0.467. The van der Waals surface area contributed by atoms with Crippen molar-refractivity contribution in [3.8, 4) is 0 Å². The van der Waals surface area contributed by atoms with E-state index in [-0.39, 0.29) is 18.1 Å². The first-order valence-corrected chi connectivity index (χ1v) is 6.71. The van der Waals surface area contributed by atoms with Crippen LogP contribution in [0.25, 0.3) is 0 Å². The van der Waals surface area contributed by atoms with Crippen molar-refractivity contribution < 1.29 is 14.3 Å². The average Bonchev–Trinajstić information content (AvgIpc) is 2.79. The first-order valence-electron chi connectivity index (χ1n) is 6.71. The quantitative estimate of drug-likeness (QED) is 0.801. The highest BCUT2D eigenvalue weighted by molar-refractivity contribution is 6.03. The normalized spacial score (nSPS) is 14.1. The summed E-state index contributed by atoms with van der Waals surface area (Å²) < 4.78 is 5.09. The molecule has 2 rings (SSSR count). The fourth-order valence-electron chi connectivity index (χ4n) is 2.41. The first-order chi connectivity index (χ1) is 9.60. The molecule has 0 saturated carbocycles. The molecule has 0 aromatic heterocycles. The van der Waals surface area contributed by atoms with Gasteiger partial charge in [0.05, 0.1) is 13.0 Å². The molecule has 0 spiro atoms. The molecule has 1 aromatic rings. The Morgan fingerprint density at radius 3 is 2.85 bits per heavy atom. The van der Waals surface area contributed by atoms with Crippen LogP contribution < -0.4 is 5.32 Å². The molecule has 0 radical (unpaired) electrons. The van der Waals surface area contributed by atoms with E-state index in [0.717, 1.165) is 30.9 Å². The zero-order valence-electron chi connectivity index (χ0n) is 11.9. The predicted octanol–water partition coefficient (Wildman–Crippen LogP) is 1.57. The molecule has 0 fully saturated rings. The number of carbonyl (C=O) groups excluding carboxylic acids is 2. The van der Waals surface area contributed by atoms with E-state index < -0.39 is 0 Å². The number of rotatable bonds is 6. The van der Waals surface area contributed by atoms with Gasteiger partial charge >= 0.3 is 0 Å². The van der Waals surface area contributed by atoms with Gasteiger partial charge in [-0.15, -0.1) is 0 Å². The summed E-state index contributed by atoms with van der Waals surface area (Å²) in [5.41, 5.74) is 3.18. The van der Waals surface area contributed by atoms with Crippen molar-refractivity contribution in [3.05, 3.63) is 29.3 Å². The Bertz CT molecular complexity index is 514. The van der Waals surface area contributed by atoms with Gasteiger partial charge in [-0.2, -0.15) is 0 Å². The minimum atomic E-state index is -0.249. The van der Waals surface area contributed by atoms with Gasteiger partial charge in [0.1, 0.15) is 5.78 Å². The molecule has 0 bridgehead atoms. The number of carbonyl (C=O) groups is 2. The number of hydrogen-bond donors (Lipinski definition) is 1. The highest BCUT2D eigenvalue weighted by atomic mass is 16.5. The number of hydrogen-bond acceptors (Lipinski definition) is 4. The SMILES string of the molecule is COCCN1Cc2cccc(NC(=O)CC(C)=O)c2C1. The molecule has 0 saturated heterocycles. The summed E-state index contributed by atoms with van der Waals surface area (Å²) in [5, 5.41) is 2.83. The van der Waals surface area contributed by atoms with E-state index in [9.17, 15) is 9.59 Å². The summed E-state index contributed by atoms with van der Waals surface area (Å²) in [7, 11) is 1.69. The van der Waals surface area contributed by atoms with Crippen molar-refractivity contribution in [2.45, 2.75) is 26.4 Å². The van der Waals surface area contributed by atoms with Crippen LogP contribution in [0.5, 0.6) is 0 Å². The lowest BCUT2D eigenvalue weighted by molar-refractivity contribution is -0.124. The number of benzene rings is 1. The zero-order valence-corrected chi connectivity index (χ0v) is 11.9. The Labute approximate surface area is 118 Å². The van der Waals surface area contributed by atoms with Crippen LogP contribution in [0.1, 0.15) is 24.5 Å². The molecule has 1 aliphatic rings. The molecule has 0 aliphatic carbocycles. The van der Waals surface area contributed by atoms with Gasteiger partial charge in [0.2, 0.25) is 5.91 Å². The van der Waals surface area contributed by atoms with E-state index in [1.54, 1.807) is 7.11 Å². The van der Waals surface area contributed by atoms with Crippen LogP contribution in [0.15, 0.2) is 18.2 Å². The molecule has 5 nitrogen and oxygen atoms in total. The summed E-state index contributed by atoms with van der Waals surface area (Å²) in [6, 6.07) is 5.89. The molecule has 1 amide bonds. The van der Waals surface area contributed by atoms with Gasteiger partial charge in [-0.25, -0.2) is 0 Å². The number of methoxy groups -OCH3 is 1. The maximum absolute atomic E-state index is 11.7. The minimum Gasteiger partial charge on any atom is -0.383 e. The molecular weight excluding hydrogens is 256 g/mol. The van der Waals surface area contributed by atoms with E-state index in [0.29, 0.717) is 6.61 Å². The van der Waals surface area contributed by atoms with Crippen LogP contribution in [0, 0.1) is 0 Å². The van der Waals surface area contributed by atoms with Gasteiger partial charge in [-0.3, -0.25) is 14.5 Å². The number of ketones is 1. The van der Waals surface area contributed by atoms with Crippen molar-refractivity contribution >= 4 is 17.4 Å². The Balaban J connectivity index is 2.05. The van der Waals surface area contributed by atoms with Crippen molar-refractivity contribution in [2.75, 3.05) is 25.6 Å². The lowest BCUT2D eigenvalue weighted by Crippen LogP contribution is -2.21. The largest absolute Gasteiger partial charge is 0.383 e. The second-order valence-corrected chi connectivity index (χ2v) is 5.07. The Morgan fingerprint density at radius 2 is 2.15 bits per heavy atom. The van der Waals surface area contributed by atoms with Crippen LogP contribution in [-0.4, -0.2) is 36.9 Å². The summed E-state index contributed by atoms with van der Waals surface area (Å²) in [6.45, 7) is 4.65. The second kappa shape index (κ2) is 6.63. The number of nitrogens with zero attached hydrogens (tertiary/aromatic N) is 1. The Kier molecular flexibility index (Phi) is 4.87. The average molecular weight is 276 g/mol. The van der Waals surface area contributed by atoms with Gasteiger partial charge in [0.15, 0.2) is 0 Å². The van der Waals surface area contributed by atoms with E-state index in [1.807, 2.05) is 12.1 Å². The maximum Gasteiger partial charge on any atom is 0.231 e. The number of nitrogens with one attached hydrogen (secondary N) is 1. The summed E-state index contributed by atoms with van der Waals surface area (Å²) in [5.74, 6) is -0.377. The molecule has 1 N–H and O–H groups in total. The Hall–Kier alpha value is -1.72. The number of fused-ring (bicyclic) bond motifs is 1. The van der Waals surface area contributed by atoms with Crippen LogP contribution >= 0.6 is 0 Å². The highest BCUT2D eigenvalue weighted by Gasteiger charge is 2.21. The number of Topliss-reactive ketones (excluding diaryl/α,β-unsaturated/α-hetero) is 1. The lowest BCUT2D eigenvalue weighted by Gasteiger charge is -2.14. The third-order valence-electron chi connectivity index (χ3n) is 3.34. The summed E-state index contributed by atoms with van der Waals surface area (Å²) in [4.78, 5) is 24.9. The smallest absolute Gasteiger partial charge is 0.231 e. The monoisotopic (exact) mass is 276 g/mol. The van der Waals surface area contributed by atoms with Crippen molar-refractivity contribution in [2.24, 2.45) is 0 Å². The number of anilines is 1. The molecular formula is C15H20N2O3. The molecule has 0 unspecified atom stereocenters. The highest BCUT2D eigenvalue weighted by Crippen LogP contribution is 2.29. The number of ether oxygens (including phenoxy) is 1. The molecule has 1 aromatic carbocycles. The Morgan fingerprint density at radius 1 is 1.35 bits per heavy atom. The van der Waals surface area contributed by atoms with Crippen LogP contribution in [-0.2, 0) is 27.4 Å². The van der Waals surface area contributed by atoms with Crippen molar-refractivity contribution in [1.29, 1.82) is 0 Å². The standard InChI is InChI=1S/C15H20N2O3/c1-11(18)8-15(19)16-14-5-3-4-12-9-17(6-7-20-2)10-13(12)14/h3-5H,6-10H2,1-2H3,(H,16,19).